The summed E-state index contributed by atoms with van der Waals surface area (Å²) >= 11 is 5.44. The maximum Gasteiger partial charge on any atom is 0.0701 e. The second-order valence-electron chi connectivity index (χ2n) is 3.63. The fourth-order valence-corrected chi connectivity index (χ4v) is 0.906. The second-order valence-corrected chi connectivity index (χ2v) is 4.01. The van der Waals surface area contributed by atoms with Crippen LogP contribution >= 0.6 is 11.6 Å². The summed E-state index contributed by atoms with van der Waals surface area (Å²) < 4.78 is 15.8. The molecule has 14 heavy (non-hydrogen) atoms. The van der Waals surface area contributed by atoms with Crippen molar-refractivity contribution >= 4 is 11.6 Å². The summed E-state index contributed by atoms with van der Waals surface area (Å²) in [6.45, 7) is 6.61. The van der Waals surface area contributed by atoms with E-state index in [0.29, 0.717) is 32.3 Å². The standard InChI is InChI=1S/C10H21ClO3/c1-10(2,12-3)4-6-13-8-9-14-7-5-11/h4-9H2,1-3H3. The molecule has 0 aliphatic rings. The molecule has 0 N–H and O–H groups in total. The number of methoxy groups -OCH3 is 1. The smallest absolute Gasteiger partial charge is 0.0701 e. The maximum atomic E-state index is 5.44. The van der Waals surface area contributed by atoms with Crippen LogP contribution in [0.5, 0.6) is 0 Å². The van der Waals surface area contributed by atoms with Gasteiger partial charge in [-0.2, -0.15) is 0 Å². The number of hydrogen-bond acceptors (Lipinski definition) is 3. The second kappa shape index (κ2) is 8.48. The first-order chi connectivity index (χ1) is 6.62. The fourth-order valence-electron chi connectivity index (χ4n) is 0.797. The average molecular weight is 225 g/mol. The van der Waals surface area contributed by atoms with Gasteiger partial charge in [-0.05, 0) is 20.3 Å². The van der Waals surface area contributed by atoms with Crippen molar-refractivity contribution in [2.24, 2.45) is 0 Å². The van der Waals surface area contributed by atoms with Gasteiger partial charge in [0.15, 0.2) is 0 Å². The van der Waals surface area contributed by atoms with Crippen molar-refractivity contribution in [2.45, 2.75) is 25.9 Å². The van der Waals surface area contributed by atoms with Gasteiger partial charge in [-0.3, -0.25) is 0 Å². The van der Waals surface area contributed by atoms with Crippen molar-refractivity contribution in [1.82, 2.24) is 0 Å². The van der Waals surface area contributed by atoms with E-state index >= 15 is 0 Å². The molecule has 0 bridgehead atoms. The van der Waals surface area contributed by atoms with Gasteiger partial charge in [-0.25, -0.2) is 0 Å². The lowest BCUT2D eigenvalue weighted by Gasteiger charge is -2.22. The average Bonchev–Trinajstić information content (AvgIpc) is 2.16. The summed E-state index contributed by atoms with van der Waals surface area (Å²) in [4.78, 5) is 0. The monoisotopic (exact) mass is 224 g/mol. The van der Waals surface area contributed by atoms with Crippen LogP contribution in [0.2, 0.25) is 0 Å². The highest BCUT2D eigenvalue weighted by Crippen LogP contribution is 2.12. The summed E-state index contributed by atoms with van der Waals surface area (Å²) in [6.07, 6.45) is 0.888. The minimum Gasteiger partial charge on any atom is -0.379 e. The molecule has 3 nitrogen and oxygen atoms in total. The van der Waals surface area contributed by atoms with E-state index in [1.807, 2.05) is 13.8 Å². The van der Waals surface area contributed by atoms with Gasteiger partial charge in [0.05, 0.1) is 25.4 Å². The van der Waals surface area contributed by atoms with Crippen molar-refractivity contribution in [3.63, 3.8) is 0 Å². The Morgan fingerprint density at radius 3 is 2.07 bits per heavy atom. The Hall–Kier alpha value is 0.170. The van der Waals surface area contributed by atoms with Crippen LogP contribution < -0.4 is 0 Å². The Balaban J connectivity index is 3.13. The van der Waals surface area contributed by atoms with Crippen LogP contribution in [-0.4, -0.2) is 45.0 Å². The van der Waals surface area contributed by atoms with Crippen LogP contribution in [0.25, 0.3) is 0 Å². The lowest BCUT2D eigenvalue weighted by molar-refractivity contribution is -0.0181. The molecule has 0 aliphatic heterocycles. The summed E-state index contributed by atoms with van der Waals surface area (Å²) in [5.41, 5.74) is -0.100. The first-order valence-corrected chi connectivity index (χ1v) is 5.42. The molecule has 0 saturated carbocycles. The van der Waals surface area contributed by atoms with E-state index in [1.165, 1.54) is 0 Å². The molecule has 4 heteroatoms. The molecule has 0 aromatic heterocycles. The lowest BCUT2D eigenvalue weighted by Crippen LogP contribution is -2.24. The summed E-state index contributed by atoms with van der Waals surface area (Å²) in [6, 6.07) is 0. The van der Waals surface area contributed by atoms with E-state index < -0.39 is 0 Å². The largest absolute Gasteiger partial charge is 0.379 e. The molecule has 0 atom stereocenters. The molecular weight excluding hydrogens is 204 g/mol. The van der Waals surface area contributed by atoms with Gasteiger partial charge < -0.3 is 14.2 Å². The predicted molar refractivity (Wildman–Crippen MR) is 58.1 cm³/mol. The molecule has 0 radical (unpaired) electrons. The van der Waals surface area contributed by atoms with Crippen molar-refractivity contribution in [3.8, 4) is 0 Å². The van der Waals surface area contributed by atoms with Gasteiger partial charge in [0.1, 0.15) is 0 Å². The quantitative estimate of drug-likeness (QED) is 0.443. The number of ether oxygens (including phenoxy) is 3. The van der Waals surface area contributed by atoms with Crippen molar-refractivity contribution in [1.29, 1.82) is 0 Å². The van der Waals surface area contributed by atoms with E-state index in [0.717, 1.165) is 6.42 Å². The third-order valence-electron chi connectivity index (χ3n) is 1.99. The van der Waals surface area contributed by atoms with Gasteiger partial charge >= 0.3 is 0 Å². The Morgan fingerprint density at radius 2 is 1.57 bits per heavy atom. The molecule has 86 valence electrons. The van der Waals surface area contributed by atoms with Gasteiger partial charge in [0.2, 0.25) is 0 Å². The van der Waals surface area contributed by atoms with Crippen LogP contribution in [0, 0.1) is 0 Å². The summed E-state index contributed by atoms with van der Waals surface area (Å²) in [5.74, 6) is 0.538. The molecule has 0 unspecified atom stereocenters. The van der Waals surface area contributed by atoms with Crippen molar-refractivity contribution in [2.75, 3.05) is 39.4 Å². The summed E-state index contributed by atoms with van der Waals surface area (Å²) in [5, 5.41) is 0. The molecule has 0 amide bonds. The molecular formula is C10H21ClO3. The third-order valence-corrected chi connectivity index (χ3v) is 2.15. The Labute approximate surface area is 91.7 Å². The van der Waals surface area contributed by atoms with Crippen LogP contribution in [0.3, 0.4) is 0 Å². The number of alkyl halides is 1. The van der Waals surface area contributed by atoms with E-state index in [2.05, 4.69) is 0 Å². The molecule has 0 aromatic rings. The zero-order chi connectivity index (χ0) is 10.9. The van der Waals surface area contributed by atoms with E-state index in [9.17, 15) is 0 Å². The molecule has 0 fully saturated rings. The normalized spacial score (nSPS) is 12.0. The topological polar surface area (TPSA) is 27.7 Å². The minimum absolute atomic E-state index is 0.100. The first kappa shape index (κ1) is 14.2. The maximum absolute atomic E-state index is 5.44. The SMILES string of the molecule is COC(C)(C)CCOCCOCCCl. The Bertz CT molecular complexity index is 129. The first-order valence-electron chi connectivity index (χ1n) is 4.89. The van der Waals surface area contributed by atoms with Crippen LogP contribution in [0.15, 0.2) is 0 Å². The highest BCUT2D eigenvalue weighted by Gasteiger charge is 2.15. The number of halogens is 1. The number of hydrogen-bond donors (Lipinski definition) is 0. The fraction of sp³-hybridized carbons (Fsp3) is 1.00. The van der Waals surface area contributed by atoms with Gasteiger partial charge in [-0.15, -0.1) is 11.6 Å². The highest BCUT2D eigenvalue weighted by atomic mass is 35.5. The zero-order valence-electron chi connectivity index (χ0n) is 9.35. The Morgan fingerprint density at radius 1 is 1.00 bits per heavy atom. The predicted octanol–water partition coefficient (Wildman–Crippen LogP) is 2.07. The Kier molecular flexibility index (Phi) is 8.58. The minimum atomic E-state index is -0.100. The van der Waals surface area contributed by atoms with Gasteiger partial charge in [-0.1, -0.05) is 0 Å². The highest BCUT2D eigenvalue weighted by molar-refractivity contribution is 6.17. The van der Waals surface area contributed by atoms with Crippen LogP contribution in [0.4, 0.5) is 0 Å². The third kappa shape index (κ3) is 8.75. The van der Waals surface area contributed by atoms with E-state index in [4.69, 9.17) is 25.8 Å². The van der Waals surface area contributed by atoms with E-state index in [1.54, 1.807) is 7.11 Å². The van der Waals surface area contributed by atoms with Gasteiger partial charge in [0.25, 0.3) is 0 Å². The lowest BCUT2D eigenvalue weighted by atomic mass is 10.1. The number of rotatable bonds is 9. The van der Waals surface area contributed by atoms with Crippen molar-refractivity contribution < 1.29 is 14.2 Å². The van der Waals surface area contributed by atoms with Crippen LogP contribution in [0.1, 0.15) is 20.3 Å². The molecule has 0 saturated heterocycles. The molecule has 0 spiro atoms. The molecule has 0 rings (SSSR count). The molecule has 0 aliphatic carbocycles. The zero-order valence-corrected chi connectivity index (χ0v) is 10.1. The van der Waals surface area contributed by atoms with E-state index in [-0.39, 0.29) is 5.60 Å². The summed E-state index contributed by atoms with van der Waals surface area (Å²) in [7, 11) is 1.71. The molecule has 0 aromatic carbocycles. The van der Waals surface area contributed by atoms with Gasteiger partial charge in [0, 0.05) is 19.6 Å². The van der Waals surface area contributed by atoms with Crippen molar-refractivity contribution in [3.05, 3.63) is 0 Å². The van der Waals surface area contributed by atoms with Crippen LogP contribution in [-0.2, 0) is 14.2 Å². The molecule has 0 heterocycles.